The predicted octanol–water partition coefficient (Wildman–Crippen LogP) is 6.44. The molecular formula is C21H20Cl2N6. The maximum atomic E-state index is 6.23. The summed E-state index contributed by atoms with van der Waals surface area (Å²) in [6.07, 6.45) is 1.47. The van der Waals surface area contributed by atoms with Crippen molar-refractivity contribution >= 4 is 57.5 Å². The highest BCUT2D eigenvalue weighted by Crippen LogP contribution is 2.33. The van der Waals surface area contributed by atoms with E-state index in [9.17, 15) is 0 Å². The van der Waals surface area contributed by atoms with Crippen LogP contribution in [0, 0.1) is 0 Å². The van der Waals surface area contributed by atoms with Crippen molar-refractivity contribution < 1.29 is 0 Å². The van der Waals surface area contributed by atoms with Gasteiger partial charge in [-0.1, -0.05) is 62.2 Å². The van der Waals surface area contributed by atoms with E-state index in [0.29, 0.717) is 38.7 Å². The van der Waals surface area contributed by atoms with Crippen LogP contribution in [0.4, 0.5) is 23.1 Å². The standard InChI is InChI=1S/C21H20Cl2N6/c1-21(2,3)12-7-9-13(10-8-12)26-18-17-19(25-11-24-18)29-20(28-17)27-16-14(22)5-4-6-15(16)23/h4-11H,1-3H3,(H3,24,25,26,27,28,29). The molecule has 2 heterocycles. The first kappa shape index (κ1) is 19.5. The molecule has 0 bridgehead atoms. The maximum absolute atomic E-state index is 6.23. The average molecular weight is 427 g/mol. The average Bonchev–Trinajstić information content (AvgIpc) is 3.08. The lowest BCUT2D eigenvalue weighted by Crippen LogP contribution is -2.10. The van der Waals surface area contributed by atoms with Gasteiger partial charge in [-0.3, -0.25) is 0 Å². The van der Waals surface area contributed by atoms with Crippen molar-refractivity contribution in [1.29, 1.82) is 0 Å². The Kier molecular flexibility index (Phi) is 5.06. The number of para-hydroxylation sites is 1. The summed E-state index contributed by atoms with van der Waals surface area (Å²) in [4.78, 5) is 16.3. The molecule has 0 atom stereocenters. The number of aromatic amines is 1. The number of rotatable bonds is 4. The van der Waals surface area contributed by atoms with Crippen molar-refractivity contribution in [2.75, 3.05) is 10.6 Å². The highest BCUT2D eigenvalue weighted by Gasteiger charge is 2.15. The number of hydrogen-bond acceptors (Lipinski definition) is 5. The van der Waals surface area contributed by atoms with Crippen LogP contribution in [-0.2, 0) is 5.41 Å². The van der Waals surface area contributed by atoms with Crippen LogP contribution in [0.2, 0.25) is 10.0 Å². The molecule has 0 aliphatic carbocycles. The predicted molar refractivity (Wildman–Crippen MR) is 120 cm³/mol. The first-order valence-electron chi connectivity index (χ1n) is 9.10. The summed E-state index contributed by atoms with van der Waals surface area (Å²) in [6.45, 7) is 6.56. The van der Waals surface area contributed by atoms with Gasteiger partial charge in [0.25, 0.3) is 0 Å². The van der Waals surface area contributed by atoms with Crippen LogP contribution in [0.3, 0.4) is 0 Å². The molecule has 8 heteroatoms. The van der Waals surface area contributed by atoms with Crippen molar-refractivity contribution in [3.8, 4) is 0 Å². The van der Waals surface area contributed by atoms with Gasteiger partial charge in [0.05, 0.1) is 15.7 Å². The van der Waals surface area contributed by atoms with E-state index in [4.69, 9.17) is 23.2 Å². The van der Waals surface area contributed by atoms with Crippen LogP contribution in [0.1, 0.15) is 26.3 Å². The molecule has 0 aliphatic heterocycles. The molecule has 3 N–H and O–H groups in total. The number of aromatic nitrogens is 4. The van der Waals surface area contributed by atoms with Crippen LogP contribution in [0.25, 0.3) is 11.2 Å². The van der Waals surface area contributed by atoms with Gasteiger partial charge in [-0.15, -0.1) is 0 Å². The molecule has 0 spiro atoms. The van der Waals surface area contributed by atoms with Gasteiger partial charge in [-0.25, -0.2) is 9.97 Å². The number of nitrogens with zero attached hydrogens (tertiary/aromatic N) is 3. The molecule has 0 radical (unpaired) electrons. The van der Waals surface area contributed by atoms with Gasteiger partial charge in [0.1, 0.15) is 11.8 Å². The highest BCUT2D eigenvalue weighted by molar-refractivity contribution is 6.39. The van der Waals surface area contributed by atoms with E-state index in [2.05, 4.69) is 63.5 Å². The lowest BCUT2D eigenvalue weighted by atomic mass is 9.87. The van der Waals surface area contributed by atoms with E-state index in [0.717, 1.165) is 5.69 Å². The molecule has 0 saturated heterocycles. The van der Waals surface area contributed by atoms with E-state index in [1.807, 2.05) is 12.1 Å². The Labute approximate surface area is 178 Å². The third-order valence-corrected chi connectivity index (χ3v) is 5.14. The number of halogens is 2. The molecular weight excluding hydrogens is 407 g/mol. The SMILES string of the molecule is CC(C)(C)c1ccc(Nc2ncnc3nc(Nc4c(Cl)cccc4Cl)[nH]c23)cc1. The van der Waals surface area contributed by atoms with E-state index in [-0.39, 0.29) is 5.41 Å². The van der Waals surface area contributed by atoms with Gasteiger partial charge in [-0.05, 0) is 35.2 Å². The molecule has 29 heavy (non-hydrogen) atoms. The minimum atomic E-state index is 0.102. The maximum Gasteiger partial charge on any atom is 0.207 e. The van der Waals surface area contributed by atoms with Crippen LogP contribution < -0.4 is 10.6 Å². The van der Waals surface area contributed by atoms with E-state index >= 15 is 0 Å². The highest BCUT2D eigenvalue weighted by atomic mass is 35.5. The summed E-state index contributed by atoms with van der Waals surface area (Å²) < 4.78 is 0. The minimum absolute atomic E-state index is 0.102. The van der Waals surface area contributed by atoms with Gasteiger partial charge < -0.3 is 15.6 Å². The zero-order valence-corrected chi connectivity index (χ0v) is 17.7. The lowest BCUT2D eigenvalue weighted by molar-refractivity contribution is 0.590. The quantitative estimate of drug-likeness (QED) is 0.349. The summed E-state index contributed by atoms with van der Waals surface area (Å²) in [5, 5.41) is 7.44. The fraction of sp³-hybridized carbons (Fsp3) is 0.190. The third kappa shape index (κ3) is 4.13. The van der Waals surface area contributed by atoms with Crippen molar-refractivity contribution in [2.24, 2.45) is 0 Å². The first-order valence-corrected chi connectivity index (χ1v) is 9.86. The Morgan fingerprint density at radius 2 is 1.59 bits per heavy atom. The van der Waals surface area contributed by atoms with Crippen LogP contribution in [0.15, 0.2) is 48.8 Å². The first-order chi connectivity index (χ1) is 13.8. The van der Waals surface area contributed by atoms with Gasteiger partial charge in [-0.2, -0.15) is 4.98 Å². The largest absolute Gasteiger partial charge is 0.338 e. The number of fused-ring (bicyclic) bond motifs is 1. The monoisotopic (exact) mass is 426 g/mol. The number of hydrogen-bond donors (Lipinski definition) is 3. The van der Waals surface area contributed by atoms with Crippen molar-refractivity contribution in [3.05, 3.63) is 64.4 Å². The Morgan fingerprint density at radius 3 is 2.24 bits per heavy atom. The molecule has 2 aromatic heterocycles. The van der Waals surface area contributed by atoms with Gasteiger partial charge in [0.2, 0.25) is 5.95 Å². The Balaban J connectivity index is 1.63. The molecule has 4 rings (SSSR count). The van der Waals surface area contributed by atoms with Crippen LogP contribution in [-0.4, -0.2) is 19.9 Å². The van der Waals surface area contributed by atoms with Gasteiger partial charge in [0, 0.05) is 5.69 Å². The zero-order chi connectivity index (χ0) is 20.6. The van der Waals surface area contributed by atoms with Crippen molar-refractivity contribution in [2.45, 2.75) is 26.2 Å². The fourth-order valence-corrected chi connectivity index (χ4v) is 3.40. The molecule has 0 unspecified atom stereocenters. The summed E-state index contributed by atoms with van der Waals surface area (Å²) in [5.41, 5.74) is 4.08. The van der Waals surface area contributed by atoms with Crippen LogP contribution in [0.5, 0.6) is 0 Å². The third-order valence-electron chi connectivity index (χ3n) is 4.51. The molecule has 2 aromatic carbocycles. The Morgan fingerprint density at radius 1 is 0.897 bits per heavy atom. The molecule has 0 aliphatic rings. The summed E-state index contributed by atoms with van der Waals surface area (Å²) in [7, 11) is 0. The fourth-order valence-electron chi connectivity index (χ4n) is 2.91. The van der Waals surface area contributed by atoms with E-state index in [1.165, 1.54) is 11.9 Å². The lowest BCUT2D eigenvalue weighted by Gasteiger charge is -2.19. The summed E-state index contributed by atoms with van der Waals surface area (Å²) in [6, 6.07) is 13.6. The molecule has 0 fully saturated rings. The van der Waals surface area contributed by atoms with Gasteiger partial charge in [0.15, 0.2) is 11.5 Å². The molecule has 148 valence electrons. The number of H-pyrrole nitrogens is 1. The summed E-state index contributed by atoms with van der Waals surface area (Å²) >= 11 is 12.5. The molecule has 0 saturated carbocycles. The second-order valence-corrected chi connectivity index (χ2v) is 8.49. The van der Waals surface area contributed by atoms with Crippen molar-refractivity contribution in [3.63, 3.8) is 0 Å². The number of nitrogens with one attached hydrogen (secondary N) is 3. The van der Waals surface area contributed by atoms with E-state index in [1.54, 1.807) is 18.2 Å². The normalized spacial score (nSPS) is 11.6. The second kappa shape index (κ2) is 7.54. The second-order valence-electron chi connectivity index (χ2n) is 7.68. The van der Waals surface area contributed by atoms with Crippen LogP contribution >= 0.6 is 23.2 Å². The number of imidazole rings is 1. The topological polar surface area (TPSA) is 78.5 Å². The Bertz CT molecular complexity index is 1140. The molecule has 6 nitrogen and oxygen atoms in total. The summed E-state index contributed by atoms with van der Waals surface area (Å²) in [5.74, 6) is 1.10. The van der Waals surface area contributed by atoms with Crippen molar-refractivity contribution in [1.82, 2.24) is 19.9 Å². The van der Waals surface area contributed by atoms with E-state index < -0.39 is 0 Å². The molecule has 4 aromatic rings. The smallest absolute Gasteiger partial charge is 0.207 e. The van der Waals surface area contributed by atoms with Gasteiger partial charge >= 0.3 is 0 Å². The Hall–Kier alpha value is -2.83. The number of benzene rings is 2. The number of anilines is 4. The molecule has 0 amide bonds. The zero-order valence-electron chi connectivity index (χ0n) is 16.2. The minimum Gasteiger partial charge on any atom is -0.338 e.